The Morgan fingerprint density at radius 2 is 2.19 bits per heavy atom. The molecule has 21 heavy (non-hydrogen) atoms. The Bertz CT molecular complexity index is 452. The highest BCUT2D eigenvalue weighted by molar-refractivity contribution is 5.66. The number of nitrogens with zero attached hydrogens (tertiary/aromatic N) is 2. The zero-order chi connectivity index (χ0) is 15.7. The highest BCUT2D eigenvalue weighted by atomic mass is 16.6. The summed E-state index contributed by atoms with van der Waals surface area (Å²) in [5, 5.41) is 14.4. The molecule has 0 heterocycles. The van der Waals surface area contributed by atoms with Crippen molar-refractivity contribution in [2.24, 2.45) is 0 Å². The first-order valence-electron chi connectivity index (χ1n) is 7.27. The van der Waals surface area contributed by atoms with Gasteiger partial charge < -0.3 is 15.0 Å². The molecule has 0 aromatic heterocycles. The van der Waals surface area contributed by atoms with Gasteiger partial charge in [0.25, 0.3) is 5.69 Å². The molecule has 0 amide bonds. The molecule has 118 valence electrons. The quantitative estimate of drug-likeness (QED) is 0.408. The summed E-state index contributed by atoms with van der Waals surface area (Å²) < 4.78 is 5.04. The van der Waals surface area contributed by atoms with Crippen molar-refractivity contribution < 1.29 is 9.66 Å². The Balaban J connectivity index is 2.84. The number of nitro groups is 1. The normalized spacial score (nSPS) is 10.9. The summed E-state index contributed by atoms with van der Waals surface area (Å²) in [6.45, 7) is 5.06. The molecule has 1 rings (SSSR count). The predicted molar refractivity (Wildman–Crippen MR) is 84.7 cm³/mol. The molecular weight excluding hydrogens is 270 g/mol. The molecule has 0 aliphatic rings. The van der Waals surface area contributed by atoms with E-state index in [4.69, 9.17) is 4.74 Å². The monoisotopic (exact) mass is 295 g/mol. The number of nitrogens with one attached hydrogen (secondary N) is 1. The van der Waals surface area contributed by atoms with Gasteiger partial charge in [-0.3, -0.25) is 10.1 Å². The van der Waals surface area contributed by atoms with Gasteiger partial charge in [-0.15, -0.1) is 0 Å². The third-order valence-electron chi connectivity index (χ3n) is 3.21. The van der Waals surface area contributed by atoms with Crippen LogP contribution in [0.25, 0.3) is 0 Å². The summed E-state index contributed by atoms with van der Waals surface area (Å²) in [5.41, 5.74) is 1.74. The fourth-order valence-electron chi connectivity index (χ4n) is 2.17. The molecule has 1 aromatic rings. The van der Waals surface area contributed by atoms with Crippen LogP contribution in [0.15, 0.2) is 18.2 Å². The Labute approximate surface area is 126 Å². The second-order valence-corrected chi connectivity index (χ2v) is 5.08. The van der Waals surface area contributed by atoms with Crippen LogP contribution in [-0.4, -0.2) is 43.7 Å². The van der Waals surface area contributed by atoms with Crippen molar-refractivity contribution >= 4 is 11.4 Å². The number of benzene rings is 1. The van der Waals surface area contributed by atoms with Crippen LogP contribution in [0.5, 0.6) is 0 Å². The number of para-hydroxylation sites is 1. The average Bonchev–Trinajstić information content (AvgIpc) is 2.45. The zero-order valence-corrected chi connectivity index (χ0v) is 13.1. The van der Waals surface area contributed by atoms with Gasteiger partial charge in [-0.05, 0) is 25.5 Å². The first-order chi connectivity index (χ1) is 10.1. The SMILES string of the molecule is CCCNc1c(CN(C)CCCOC)cccc1[N+](=O)[O-]. The summed E-state index contributed by atoms with van der Waals surface area (Å²) in [6.07, 6.45) is 1.87. The first kappa shape index (κ1) is 17.4. The van der Waals surface area contributed by atoms with Crippen molar-refractivity contribution in [3.63, 3.8) is 0 Å². The van der Waals surface area contributed by atoms with Crippen LogP contribution in [0.1, 0.15) is 25.3 Å². The van der Waals surface area contributed by atoms with E-state index in [0.717, 1.165) is 38.1 Å². The van der Waals surface area contributed by atoms with Gasteiger partial charge in [0.05, 0.1) is 4.92 Å². The molecule has 0 saturated heterocycles. The molecule has 0 spiro atoms. The van der Waals surface area contributed by atoms with Crippen molar-refractivity contribution in [3.8, 4) is 0 Å². The van der Waals surface area contributed by atoms with E-state index >= 15 is 0 Å². The molecule has 0 radical (unpaired) electrons. The summed E-state index contributed by atoms with van der Waals surface area (Å²) in [4.78, 5) is 13.0. The molecule has 0 unspecified atom stereocenters. The van der Waals surface area contributed by atoms with Gasteiger partial charge in [0.2, 0.25) is 0 Å². The number of rotatable bonds is 10. The van der Waals surface area contributed by atoms with E-state index in [0.29, 0.717) is 12.2 Å². The number of hydrogen-bond acceptors (Lipinski definition) is 5. The van der Waals surface area contributed by atoms with E-state index in [1.54, 1.807) is 19.2 Å². The topological polar surface area (TPSA) is 67.6 Å². The maximum absolute atomic E-state index is 11.2. The molecule has 0 bridgehead atoms. The summed E-state index contributed by atoms with van der Waals surface area (Å²) in [7, 11) is 3.70. The van der Waals surface area contributed by atoms with Crippen LogP contribution in [0.4, 0.5) is 11.4 Å². The molecule has 0 atom stereocenters. The van der Waals surface area contributed by atoms with Gasteiger partial charge in [-0.25, -0.2) is 0 Å². The average molecular weight is 295 g/mol. The van der Waals surface area contributed by atoms with Crippen LogP contribution < -0.4 is 5.32 Å². The number of ether oxygens (including phenoxy) is 1. The standard InChI is InChI=1S/C15H25N3O3/c1-4-9-16-15-13(7-5-8-14(15)18(19)20)12-17(2)10-6-11-21-3/h5,7-8,16H,4,6,9-12H2,1-3H3. The second kappa shape index (κ2) is 9.31. The van der Waals surface area contributed by atoms with Crippen LogP contribution in [0, 0.1) is 10.1 Å². The minimum atomic E-state index is -0.327. The van der Waals surface area contributed by atoms with E-state index in [1.165, 1.54) is 0 Å². The van der Waals surface area contributed by atoms with Crippen molar-refractivity contribution in [1.29, 1.82) is 0 Å². The number of methoxy groups -OCH3 is 1. The molecule has 0 aliphatic carbocycles. The van der Waals surface area contributed by atoms with Crippen LogP contribution in [0.2, 0.25) is 0 Å². The molecule has 0 aliphatic heterocycles. The first-order valence-corrected chi connectivity index (χ1v) is 7.27. The third-order valence-corrected chi connectivity index (χ3v) is 3.21. The van der Waals surface area contributed by atoms with Crippen molar-refractivity contribution in [1.82, 2.24) is 4.90 Å². The maximum Gasteiger partial charge on any atom is 0.292 e. The fraction of sp³-hybridized carbons (Fsp3) is 0.600. The lowest BCUT2D eigenvalue weighted by atomic mass is 10.1. The van der Waals surface area contributed by atoms with Crippen LogP contribution in [-0.2, 0) is 11.3 Å². The number of nitro benzene ring substituents is 1. The molecular formula is C15H25N3O3. The molecule has 6 heteroatoms. The van der Waals surface area contributed by atoms with E-state index in [-0.39, 0.29) is 10.6 Å². The number of anilines is 1. The molecule has 1 aromatic carbocycles. The van der Waals surface area contributed by atoms with Gasteiger partial charge in [-0.1, -0.05) is 19.1 Å². The molecule has 1 N–H and O–H groups in total. The van der Waals surface area contributed by atoms with Gasteiger partial charge >= 0.3 is 0 Å². The third kappa shape index (κ3) is 5.69. The second-order valence-electron chi connectivity index (χ2n) is 5.08. The van der Waals surface area contributed by atoms with Crippen LogP contribution >= 0.6 is 0 Å². The van der Waals surface area contributed by atoms with Gasteiger partial charge in [0.15, 0.2) is 0 Å². The number of hydrogen-bond donors (Lipinski definition) is 1. The zero-order valence-electron chi connectivity index (χ0n) is 13.1. The maximum atomic E-state index is 11.2. The van der Waals surface area contributed by atoms with Crippen molar-refractivity contribution in [3.05, 3.63) is 33.9 Å². The van der Waals surface area contributed by atoms with E-state index in [2.05, 4.69) is 10.2 Å². The Morgan fingerprint density at radius 1 is 1.43 bits per heavy atom. The van der Waals surface area contributed by atoms with Gasteiger partial charge in [-0.2, -0.15) is 0 Å². The van der Waals surface area contributed by atoms with Crippen LogP contribution in [0.3, 0.4) is 0 Å². The summed E-state index contributed by atoms with van der Waals surface area (Å²) >= 11 is 0. The van der Waals surface area contributed by atoms with E-state index in [9.17, 15) is 10.1 Å². The summed E-state index contributed by atoms with van der Waals surface area (Å²) in [6, 6.07) is 5.23. The molecule has 0 fully saturated rings. The van der Waals surface area contributed by atoms with Crippen molar-refractivity contribution in [2.75, 3.05) is 39.2 Å². The lowest BCUT2D eigenvalue weighted by molar-refractivity contribution is -0.384. The lowest BCUT2D eigenvalue weighted by Gasteiger charge is -2.19. The highest BCUT2D eigenvalue weighted by Crippen LogP contribution is 2.29. The van der Waals surface area contributed by atoms with E-state index < -0.39 is 0 Å². The highest BCUT2D eigenvalue weighted by Gasteiger charge is 2.17. The predicted octanol–water partition coefficient (Wildman–Crippen LogP) is 2.89. The van der Waals surface area contributed by atoms with E-state index in [1.807, 2.05) is 20.0 Å². The smallest absolute Gasteiger partial charge is 0.292 e. The lowest BCUT2D eigenvalue weighted by Crippen LogP contribution is -2.21. The Kier molecular flexibility index (Phi) is 7.71. The van der Waals surface area contributed by atoms with Gasteiger partial charge in [0, 0.05) is 39.4 Å². The Hall–Kier alpha value is -1.66. The Morgan fingerprint density at radius 3 is 2.81 bits per heavy atom. The minimum absolute atomic E-state index is 0.145. The fourth-order valence-corrected chi connectivity index (χ4v) is 2.17. The van der Waals surface area contributed by atoms with Crippen molar-refractivity contribution in [2.45, 2.75) is 26.3 Å². The minimum Gasteiger partial charge on any atom is -0.385 e. The molecule has 0 saturated carbocycles. The van der Waals surface area contributed by atoms with Gasteiger partial charge in [0.1, 0.15) is 5.69 Å². The molecule has 6 nitrogen and oxygen atoms in total. The summed E-state index contributed by atoms with van der Waals surface area (Å²) in [5.74, 6) is 0. The largest absolute Gasteiger partial charge is 0.385 e.